The number of fused-ring (bicyclic) bond motifs is 1. The fourth-order valence-electron chi connectivity index (χ4n) is 4.55. The van der Waals surface area contributed by atoms with E-state index in [2.05, 4.69) is 19.9 Å². The molecule has 0 unspecified atom stereocenters. The zero-order valence-electron chi connectivity index (χ0n) is 20.2. The summed E-state index contributed by atoms with van der Waals surface area (Å²) in [5, 5.41) is 0.346. The van der Waals surface area contributed by atoms with Gasteiger partial charge in [0.15, 0.2) is 6.61 Å². The maximum atomic E-state index is 13.0. The second kappa shape index (κ2) is 11.5. The van der Waals surface area contributed by atoms with Crippen molar-refractivity contribution in [2.45, 2.75) is 57.9 Å². The number of halogens is 2. The van der Waals surface area contributed by atoms with Crippen molar-refractivity contribution in [1.82, 2.24) is 14.9 Å². The van der Waals surface area contributed by atoms with Gasteiger partial charge in [-0.2, -0.15) is 0 Å². The molecule has 0 atom stereocenters. The number of aliphatic imine (C=N–C) groups is 1. The predicted octanol–water partition coefficient (Wildman–Crippen LogP) is 5.05. The Bertz CT molecular complexity index is 1030. The van der Waals surface area contributed by atoms with Crippen LogP contribution in [0.1, 0.15) is 60.1 Å². The Morgan fingerprint density at radius 3 is 2.83 bits per heavy atom. The predicted molar refractivity (Wildman–Crippen MR) is 131 cm³/mol. The van der Waals surface area contributed by atoms with Crippen LogP contribution in [0.5, 0.6) is 11.1 Å². The highest BCUT2D eigenvalue weighted by Crippen LogP contribution is 2.33. The highest BCUT2D eigenvalue weighted by Gasteiger charge is 2.26. The molecule has 0 N–H and O–H groups in total. The maximum absolute atomic E-state index is 13.0. The van der Waals surface area contributed by atoms with Crippen molar-refractivity contribution in [3.05, 3.63) is 34.5 Å². The second-order valence-electron chi connectivity index (χ2n) is 9.45. The van der Waals surface area contributed by atoms with Gasteiger partial charge in [-0.3, -0.25) is 9.69 Å². The van der Waals surface area contributed by atoms with Crippen LogP contribution in [0.3, 0.4) is 0 Å². The van der Waals surface area contributed by atoms with Gasteiger partial charge < -0.3 is 9.47 Å². The molecular weight excluding hydrogens is 474 g/mol. The van der Waals surface area contributed by atoms with E-state index in [0.717, 1.165) is 75.7 Å². The van der Waals surface area contributed by atoms with Crippen LogP contribution in [0, 0.1) is 11.8 Å². The normalized spacial score (nSPS) is 21.1. The van der Waals surface area contributed by atoms with Crippen molar-refractivity contribution in [2.75, 3.05) is 26.8 Å². The Balaban J connectivity index is 1.18. The number of pyridine rings is 1. The number of aromatic nitrogens is 2. The Morgan fingerprint density at radius 2 is 2.09 bits per heavy atom. The van der Waals surface area contributed by atoms with Crippen LogP contribution in [0.15, 0.2) is 23.2 Å². The molecule has 0 aromatic carbocycles. The fraction of sp³-hybridized carbons (Fsp3) is 0.600. The molecule has 35 heavy (non-hydrogen) atoms. The molecule has 1 aliphatic heterocycles. The first-order valence-electron chi connectivity index (χ1n) is 12.1. The summed E-state index contributed by atoms with van der Waals surface area (Å²) in [5.74, 6) is -1.80. The number of nitrogens with zero attached hydrogens (tertiary/aromatic N) is 4. The number of hydrogen-bond acceptors (Lipinski definition) is 7. The van der Waals surface area contributed by atoms with Crippen LogP contribution < -0.4 is 9.47 Å². The molecule has 190 valence electrons. The first-order valence-corrected chi connectivity index (χ1v) is 12.9. The first kappa shape index (κ1) is 25.6. The minimum absolute atomic E-state index is 0.293. The highest BCUT2D eigenvalue weighted by molar-refractivity contribution is 7.13. The number of thiazole rings is 1. The summed E-state index contributed by atoms with van der Waals surface area (Å²) in [7, 11) is 1.52. The molecule has 0 radical (unpaired) electrons. The summed E-state index contributed by atoms with van der Waals surface area (Å²) < 4.78 is 36.3. The molecule has 0 bridgehead atoms. The molecule has 0 saturated heterocycles. The lowest BCUT2D eigenvalue weighted by Gasteiger charge is -2.30. The Labute approximate surface area is 208 Å². The van der Waals surface area contributed by atoms with Crippen LogP contribution in [0.4, 0.5) is 8.78 Å². The molecule has 1 saturated carbocycles. The van der Waals surface area contributed by atoms with Crippen LogP contribution in [0.2, 0.25) is 0 Å². The van der Waals surface area contributed by atoms with Gasteiger partial charge in [-0.15, -0.1) is 0 Å². The van der Waals surface area contributed by atoms with Gasteiger partial charge in [0.25, 0.3) is 17.0 Å². The lowest BCUT2D eigenvalue weighted by Crippen LogP contribution is -2.32. The average molecular weight is 507 g/mol. The molecule has 7 nitrogen and oxygen atoms in total. The van der Waals surface area contributed by atoms with Crippen molar-refractivity contribution in [3.8, 4) is 11.1 Å². The molecule has 3 heterocycles. The van der Waals surface area contributed by atoms with Crippen LogP contribution in [-0.2, 0) is 13.0 Å². The molecule has 1 amide bonds. The quantitative estimate of drug-likeness (QED) is 0.443. The van der Waals surface area contributed by atoms with E-state index >= 15 is 0 Å². The standard InChI is InChI=1S/C25H32F2N4O3S/c1-25(26,27)16-34-24-30-20-15-31(13-11-21(20)35-24)12-10-17-6-8-18(9-7-17)14-28-23(32)19-4-3-5-22(29-19)33-2/h3-5,14,17-18H,6-13,15-16H2,1-2H3. The number of rotatable bonds is 9. The highest BCUT2D eigenvalue weighted by atomic mass is 32.1. The number of methoxy groups -OCH3 is 1. The van der Waals surface area contributed by atoms with Gasteiger partial charge >= 0.3 is 0 Å². The molecule has 1 aliphatic carbocycles. The number of alkyl halides is 2. The average Bonchev–Trinajstić information content (AvgIpc) is 3.27. The largest absolute Gasteiger partial charge is 0.481 e. The first-order chi connectivity index (χ1) is 16.8. The molecule has 2 aromatic rings. The summed E-state index contributed by atoms with van der Waals surface area (Å²) in [6.07, 6.45) is 8.13. The third-order valence-electron chi connectivity index (χ3n) is 6.54. The molecule has 10 heteroatoms. The lowest BCUT2D eigenvalue weighted by molar-refractivity contribution is -0.0230. The van der Waals surface area contributed by atoms with E-state index in [1.165, 1.54) is 18.4 Å². The van der Waals surface area contributed by atoms with E-state index in [4.69, 9.17) is 9.47 Å². The molecule has 0 spiro atoms. The van der Waals surface area contributed by atoms with Gasteiger partial charge in [-0.1, -0.05) is 17.4 Å². The third kappa shape index (κ3) is 7.51. The zero-order chi connectivity index (χ0) is 24.8. The van der Waals surface area contributed by atoms with Crippen LogP contribution in [0.25, 0.3) is 0 Å². The summed E-state index contributed by atoms with van der Waals surface area (Å²) >= 11 is 1.39. The Kier molecular flexibility index (Phi) is 8.43. The summed E-state index contributed by atoms with van der Waals surface area (Å²) in [5.41, 5.74) is 1.26. The topological polar surface area (TPSA) is 76.9 Å². The number of carbonyl (C=O) groups excluding carboxylic acids is 1. The number of hydrogen-bond donors (Lipinski definition) is 0. The van der Waals surface area contributed by atoms with Crippen LogP contribution >= 0.6 is 11.3 Å². The van der Waals surface area contributed by atoms with Crippen molar-refractivity contribution >= 4 is 23.5 Å². The van der Waals surface area contributed by atoms with Crippen molar-refractivity contribution in [2.24, 2.45) is 16.8 Å². The molecular formula is C25H32F2N4O3S. The van der Waals surface area contributed by atoms with Gasteiger partial charge in [-0.05, 0) is 63.0 Å². The SMILES string of the molecule is COc1cccc(C(=O)N=CC2CCC(CCN3CCc4sc(OCC(C)(F)F)nc4C3)CC2)n1. The fourth-order valence-corrected chi connectivity index (χ4v) is 5.45. The van der Waals surface area contributed by atoms with Gasteiger partial charge in [0, 0.05) is 37.2 Å². The van der Waals surface area contributed by atoms with Gasteiger partial charge in [0.1, 0.15) is 5.69 Å². The maximum Gasteiger partial charge on any atom is 0.295 e. The Hall–Kier alpha value is -2.46. The molecule has 2 aliphatic rings. The third-order valence-corrected chi connectivity index (χ3v) is 7.61. The number of carbonyl (C=O) groups is 1. The Morgan fingerprint density at radius 1 is 1.29 bits per heavy atom. The number of ether oxygens (including phenoxy) is 2. The minimum Gasteiger partial charge on any atom is -0.481 e. The lowest BCUT2D eigenvalue weighted by atomic mass is 9.81. The minimum atomic E-state index is -2.86. The molecule has 2 aromatic heterocycles. The van der Waals surface area contributed by atoms with Gasteiger partial charge in [0.2, 0.25) is 5.88 Å². The van der Waals surface area contributed by atoms with Crippen molar-refractivity contribution in [3.63, 3.8) is 0 Å². The number of amides is 1. The van der Waals surface area contributed by atoms with Crippen LogP contribution in [-0.4, -0.2) is 59.7 Å². The van der Waals surface area contributed by atoms with E-state index in [1.807, 2.05) is 0 Å². The zero-order valence-corrected chi connectivity index (χ0v) is 21.0. The smallest absolute Gasteiger partial charge is 0.295 e. The second-order valence-corrected chi connectivity index (χ2v) is 10.5. The van der Waals surface area contributed by atoms with E-state index in [-0.39, 0.29) is 5.91 Å². The van der Waals surface area contributed by atoms with E-state index < -0.39 is 12.5 Å². The summed E-state index contributed by atoms with van der Waals surface area (Å²) in [6.45, 7) is 2.93. The van der Waals surface area contributed by atoms with Crippen molar-refractivity contribution in [1.29, 1.82) is 0 Å². The monoisotopic (exact) mass is 506 g/mol. The van der Waals surface area contributed by atoms with E-state index in [0.29, 0.717) is 28.6 Å². The van der Waals surface area contributed by atoms with Crippen molar-refractivity contribution < 1.29 is 23.0 Å². The summed E-state index contributed by atoms with van der Waals surface area (Å²) in [6, 6.07) is 5.08. The van der Waals surface area contributed by atoms with Gasteiger partial charge in [-0.25, -0.2) is 23.7 Å². The van der Waals surface area contributed by atoms with E-state index in [9.17, 15) is 13.6 Å². The molecule has 4 rings (SSSR count). The van der Waals surface area contributed by atoms with Gasteiger partial charge in [0.05, 0.1) is 12.8 Å². The summed E-state index contributed by atoms with van der Waals surface area (Å²) in [4.78, 5) is 28.6. The van der Waals surface area contributed by atoms with E-state index in [1.54, 1.807) is 24.4 Å². The molecule has 1 fully saturated rings.